The number of hydrogen-bond acceptors (Lipinski definition) is 3. The van der Waals surface area contributed by atoms with Gasteiger partial charge in [-0.2, -0.15) is 13.2 Å². The van der Waals surface area contributed by atoms with Crippen LogP contribution in [-0.4, -0.2) is 30.5 Å². The van der Waals surface area contributed by atoms with E-state index in [9.17, 15) is 18.0 Å². The molecule has 0 radical (unpaired) electrons. The van der Waals surface area contributed by atoms with Crippen molar-refractivity contribution in [2.24, 2.45) is 0 Å². The van der Waals surface area contributed by atoms with Crippen LogP contribution >= 0.6 is 0 Å². The van der Waals surface area contributed by atoms with Gasteiger partial charge in [0.1, 0.15) is 0 Å². The Hall–Kier alpha value is -1.76. The number of benzene rings is 1. The average molecular weight is 317 g/mol. The van der Waals surface area contributed by atoms with Crippen LogP contribution in [0.4, 0.5) is 23.7 Å². The summed E-state index contributed by atoms with van der Waals surface area (Å²) in [6.07, 6.45) is -3.72. The number of carbonyl (C=O) groups is 1. The lowest BCUT2D eigenvalue weighted by molar-refractivity contribution is -0.137. The Morgan fingerprint density at radius 1 is 1.45 bits per heavy atom. The molecule has 2 rings (SSSR count). The molecule has 1 aliphatic rings. The highest BCUT2D eigenvalue weighted by Crippen LogP contribution is 2.37. The van der Waals surface area contributed by atoms with E-state index >= 15 is 0 Å². The maximum absolute atomic E-state index is 12.8. The smallest absolute Gasteiger partial charge is 0.416 e. The molecule has 1 aromatic rings. The molecule has 122 valence electrons. The molecule has 1 heterocycles. The molecular weight excluding hydrogens is 299 g/mol. The van der Waals surface area contributed by atoms with E-state index in [1.165, 1.54) is 11.0 Å². The van der Waals surface area contributed by atoms with Gasteiger partial charge >= 0.3 is 12.3 Å². The van der Waals surface area contributed by atoms with Crippen molar-refractivity contribution < 1.29 is 27.8 Å². The number of rotatable bonds is 3. The van der Waals surface area contributed by atoms with Gasteiger partial charge in [-0.25, -0.2) is 4.79 Å². The highest BCUT2D eigenvalue weighted by atomic mass is 19.4. The number of aliphatic hydroxyl groups excluding tert-OH is 1. The number of anilines is 1. The Kier molecular flexibility index (Phi) is 4.95. The van der Waals surface area contributed by atoms with Gasteiger partial charge < -0.3 is 9.84 Å². The van der Waals surface area contributed by atoms with Crippen molar-refractivity contribution in [3.8, 4) is 0 Å². The van der Waals surface area contributed by atoms with Gasteiger partial charge in [-0.05, 0) is 49.9 Å². The topological polar surface area (TPSA) is 49.8 Å². The highest BCUT2D eigenvalue weighted by molar-refractivity contribution is 5.90. The summed E-state index contributed by atoms with van der Waals surface area (Å²) in [5, 5.41) is 9.12. The summed E-state index contributed by atoms with van der Waals surface area (Å²) in [4.78, 5) is 13.5. The van der Waals surface area contributed by atoms with Gasteiger partial charge in [0.2, 0.25) is 0 Å². The van der Waals surface area contributed by atoms with Gasteiger partial charge in [-0.1, -0.05) is 0 Å². The Balaban J connectivity index is 2.39. The third-order valence-electron chi connectivity index (χ3n) is 3.71. The number of fused-ring (bicyclic) bond motifs is 1. The molecule has 1 atom stereocenters. The number of aliphatic hydroxyl groups is 1. The van der Waals surface area contributed by atoms with Crippen LogP contribution in [0.25, 0.3) is 0 Å². The quantitative estimate of drug-likeness (QED) is 0.930. The fourth-order valence-electron chi connectivity index (χ4n) is 2.71. The number of alkyl halides is 3. The second-order valence-corrected chi connectivity index (χ2v) is 5.11. The van der Waals surface area contributed by atoms with Gasteiger partial charge in [0, 0.05) is 12.6 Å². The maximum atomic E-state index is 12.8. The van der Waals surface area contributed by atoms with Crippen LogP contribution in [0.1, 0.15) is 30.9 Å². The second kappa shape index (κ2) is 6.56. The zero-order valence-corrected chi connectivity index (χ0v) is 12.2. The Bertz CT molecular complexity index is 545. The van der Waals surface area contributed by atoms with E-state index in [0.717, 1.165) is 12.1 Å². The molecule has 0 bridgehead atoms. The van der Waals surface area contributed by atoms with E-state index in [1.807, 2.05) is 0 Å². The summed E-state index contributed by atoms with van der Waals surface area (Å²) in [5.41, 5.74) is 0.170. The van der Waals surface area contributed by atoms with Crippen LogP contribution in [0.5, 0.6) is 0 Å². The van der Waals surface area contributed by atoms with Gasteiger partial charge in [-0.15, -0.1) is 0 Å². The minimum absolute atomic E-state index is 0.101. The van der Waals surface area contributed by atoms with E-state index in [0.29, 0.717) is 30.5 Å². The van der Waals surface area contributed by atoms with Crippen LogP contribution in [0, 0.1) is 0 Å². The normalized spacial score (nSPS) is 18.0. The summed E-state index contributed by atoms with van der Waals surface area (Å²) >= 11 is 0. The van der Waals surface area contributed by atoms with Crippen molar-refractivity contribution in [1.29, 1.82) is 0 Å². The monoisotopic (exact) mass is 317 g/mol. The first-order chi connectivity index (χ1) is 10.4. The molecule has 7 heteroatoms. The molecule has 1 aliphatic heterocycles. The molecule has 0 spiro atoms. The van der Waals surface area contributed by atoms with Crippen molar-refractivity contribution in [2.45, 2.75) is 38.4 Å². The van der Waals surface area contributed by atoms with Crippen molar-refractivity contribution in [3.05, 3.63) is 29.3 Å². The fourth-order valence-corrected chi connectivity index (χ4v) is 2.71. The molecule has 0 aliphatic carbocycles. The lowest BCUT2D eigenvalue weighted by atomic mass is 9.93. The standard InChI is InChI=1S/C15H18F3NO3/c1-2-22-14(21)19-12(7-8-20)5-3-10-9-11(15(16,17)18)4-6-13(10)19/h4,6,9,12,20H,2-3,5,7-8H2,1H3. The van der Waals surface area contributed by atoms with E-state index in [4.69, 9.17) is 9.84 Å². The molecule has 0 saturated heterocycles. The molecule has 1 N–H and O–H groups in total. The third-order valence-corrected chi connectivity index (χ3v) is 3.71. The van der Waals surface area contributed by atoms with E-state index in [1.54, 1.807) is 6.92 Å². The first-order valence-electron chi connectivity index (χ1n) is 7.15. The zero-order valence-electron chi connectivity index (χ0n) is 12.2. The van der Waals surface area contributed by atoms with Crippen LogP contribution in [0.3, 0.4) is 0 Å². The number of ether oxygens (including phenoxy) is 1. The zero-order chi connectivity index (χ0) is 16.3. The van der Waals surface area contributed by atoms with Crippen LogP contribution in [0.15, 0.2) is 18.2 Å². The molecule has 0 aromatic heterocycles. The molecule has 22 heavy (non-hydrogen) atoms. The first kappa shape index (κ1) is 16.6. The summed E-state index contributed by atoms with van der Waals surface area (Å²) in [5.74, 6) is 0. The van der Waals surface area contributed by atoms with E-state index < -0.39 is 17.8 Å². The number of nitrogens with zero attached hydrogens (tertiary/aromatic N) is 1. The van der Waals surface area contributed by atoms with E-state index in [-0.39, 0.29) is 19.3 Å². The third kappa shape index (κ3) is 3.35. The molecule has 4 nitrogen and oxygen atoms in total. The summed E-state index contributed by atoms with van der Waals surface area (Å²) in [6, 6.07) is 3.08. The summed E-state index contributed by atoms with van der Waals surface area (Å²) in [6.45, 7) is 1.74. The van der Waals surface area contributed by atoms with Crippen molar-refractivity contribution in [1.82, 2.24) is 0 Å². The number of aryl methyl sites for hydroxylation is 1. The average Bonchev–Trinajstić information content (AvgIpc) is 2.46. The van der Waals surface area contributed by atoms with Crippen LogP contribution < -0.4 is 4.90 Å². The Morgan fingerprint density at radius 3 is 2.77 bits per heavy atom. The molecule has 1 aromatic carbocycles. The molecule has 0 saturated carbocycles. The van der Waals surface area contributed by atoms with E-state index in [2.05, 4.69) is 0 Å². The number of carbonyl (C=O) groups excluding carboxylic acids is 1. The Labute approximate surface area is 126 Å². The summed E-state index contributed by atoms with van der Waals surface area (Å²) in [7, 11) is 0. The molecule has 1 amide bonds. The predicted molar refractivity (Wildman–Crippen MR) is 74.8 cm³/mol. The van der Waals surface area contributed by atoms with Crippen molar-refractivity contribution in [3.63, 3.8) is 0 Å². The van der Waals surface area contributed by atoms with Crippen molar-refractivity contribution >= 4 is 11.8 Å². The fraction of sp³-hybridized carbons (Fsp3) is 0.533. The Morgan fingerprint density at radius 2 is 2.18 bits per heavy atom. The first-order valence-corrected chi connectivity index (χ1v) is 7.15. The van der Waals surface area contributed by atoms with Crippen LogP contribution in [-0.2, 0) is 17.3 Å². The predicted octanol–water partition coefficient (Wildman–Crippen LogP) is 3.37. The minimum Gasteiger partial charge on any atom is -0.449 e. The summed E-state index contributed by atoms with van der Waals surface area (Å²) < 4.78 is 43.4. The maximum Gasteiger partial charge on any atom is 0.416 e. The number of amides is 1. The molecule has 0 fully saturated rings. The number of halogens is 3. The van der Waals surface area contributed by atoms with Crippen molar-refractivity contribution in [2.75, 3.05) is 18.1 Å². The number of hydrogen-bond donors (Lipinski definition) is 1. The second-order valence-electron chi connectivity index (χ2n) is 5.11. The minimum atomic E-state index is -4.41. The molecular formula is C15H18F3NO3. The van der Waals surface area contributed by atoms with Gasteiger partial charge in [0.15, 0.2) is 0 Å². The lowest BCUT2D eigenvalue weighted by Crippen LogP contribution is -2.44. The SMILES string of the molecule is CCOC(=O)N1c2ccc(C(F)(F)F)cc2CCC1CCO. The van der Waals surface area contributed by atoms with Crippen LogP contribution in [0.2, 0.25) is 0 Å². The highest BCUT2D eigenvalue weighted by Gasteiger charge is 2.35. The van der Waals surface area contributed by atoms with Gasteiger partial charge in [0.25, 0.3) is 0 Å². The van der Waals surface area contributed by atoms with Gasteiger partial charge in [-0.3, -0.25) is 4.90 Å². The van der Waals surface area contributed by atoms with Gasteiger partial charge in [0.05, 0.1) is 17.9 Å². The lowest BCUT2D eigenvalue weighted by Gasteiger charge is -2.36. The largest absolute Gasteiger partial charge is 0.449 e. The molecule has 1 unspecified atom stereocenters.